The Labute approximate surface area is 224 Å². The Bertz CT molecular complexity index is 1220. The molecular weight excluding hydrogens is 480 g/mol. The van der Waals surface area contributed by atoms with E-state index in [1.54, 1.807) is 29.2 Å². The number of benzene rings is 2. The minimum atomic E-state index is -0.973. The molecule has 0 aliphatic heterocycles. The molecule has 1 aromatic heterocycles. The summed E-state index contributed by atoms with van der Waals surface area (Å²) in [5.41, 5.74) is 3.41. The maximum absolute atomic E-state index is 13.4. The number of oxazole rings is 1. The summed E-state index contributed by atoms with van der Waals surface area (Å²) in [6.07, 6.45) is 3.61. The minimum Gasteiger partial charge on any atom is -0.480 e. The smallest absolute Gasteiger partial charge is 0.326 e. The highest BCUT2D eigenvalue weighted by atomic mass is 16.5. The number of aromatic nitrogens is 1. The van der Waals surface area contributed by atoms with Gasteiger partial charge in [-0.15, -0.1) is 0 Å². The summed E-state index contributed by atoms with van der Waals surface area (Å²) in [7, 11) is 0. The number of aliphatic carboxylic acids is 1. The van der Waals surface area contributed by atoms with Gasteiger partial charge in [0.15, 0.2) is 0 Å². The molecule has 0 saturated heterocycles. The third-order valence-corrected chi connectivity index (χ3v) is 7.34. The Balaban J connectivity index is 1.42. The highest BCUT2D eigenvalue weighted by Gasteiger charge is 2.35. The quantitative estimate of drug-likeness (QED) is 0.339. The maximum Gasteiger partial charge on any atom is 0.326 e. The van der Waals surface area contributed by atoms with Crippen LogP contribution in [0.3, 0.4) is 0 Å². The van der Waals surface area contributed by atoms with Gasteiger partial charge in [0.25, 0.3) is 5.91 Å². The SMILES string of the molecule is Cc1ccc(-c2nc(COC3CCCC(CN(C(=O)c4ccccc4)[C@H](C(=O)O)C(C)C)C3)c(C)o2)cc1. The van der Waals surface area contributed by atoms with Crippen LogP contribution < -0.4 is 0 Å². The second kappa shape index (κ2) is 12.4. The molecule has 0 radical (unpaired) electrons. The maximum atomic E-state index is 13.4. The molecule has 1 amide bonds. The van der Waals surface area contributed by atoms with Gasteiger partial charge in [-0.25, -0.2) is 9.78 Å². The fourth-order valence-corrected chi connectivity index (χ4v) is 5.26. The van der Waals surface area contributed by atoms with E-state index in [1.807, 2.05) is 58.0 Å². The molecule has 1 saturated carbocycles. The van der Waals surface area contributed by atoms with Crippen LogP contribution >= 0.6 is 0 Å². The predicted molar refractivity (Wildman–Crippen MR) is 146 cm³/mol. The van der Waals surface area contributed by atoms with Gasteiger partial charge in [-0.05, 0) is 69.2 Å². The molecule has 3 atom stereocenters. The monoisotopic (exact) mass is 518 g/mol. The molecule has 1 heterocycles. The van der Waals surface area contributed by atoms with E-state index in [9.17, 15) is 14.7 Å². The van der Waals surface area contributed by atoms with E-state index in [1.165, 1.54) is 5.56 Å². The van der Waals surface area contributed by atoms with Crippen LogP contribution in [0.2, 0.25) is 0 Å². The highest BCUT2D eigenvalue weighted by Crippen LogP contribution is 2.30. The van der Waals surface area contributed by atoms with Crippen LogP contribution in [0, 0.1) is 25.7 Å². The van der Waals surface area contributed by atoms with Gasteiger partial charge in [-0.2, -0.15) is 0 Å². The second-order valence-corrected chi connectivity index (χ2v) is 10.7. The average molecular weight is 519 g/mol. The molecule has 3 aromatic rings. The largest absolute Gasteiger partial charge is 0.480 e. The number of hydrogen-bond acceptors (Lipinski definition) is 5. The molecule has 0 spiro atoms. The summed E-state index contributed by atoms with van der Waals surface area (Å²) in [5.74, 6) is 0.0625. The molecule has 1 fully saturated rings. The number of aryl methyl sites for hydroxylation is 2. The lowest BCUT2D eigenvalue weighted by Gasteiger charge is -2.37. The normalized spacial score (nSPS) is 18.3. The molecule has 0 bridgehead atoms. The van der Waals surface area contributed by atoms with Crippen molar-refractivity contribution in [2.75, 3.05) is 6.54 Å². The lowest BCUT2D eigenvalue weighted by molar-refractivity contribution is -0.144. The van der Waals surface area contributed by atoms with Gasteiger partial charge in [0.2, 0.25) is 5.89 Å². The van der Waals surface area contributed by atoms with Crippen molar-refractivity contribution in [2.45, 2.75) is 72.1 Å². The van der Waals surface area contributed by atoms with Crippen molar-refractivity contribution < 1.29 is 23.8 Å². The van der Waals surface area contributed by atoms with E-state index in [0.29, 0.717) is 24.6 Å². The molecule has 1 N–H and O–H groups in total. The van der Waals surface area contributed by atoms with Crippen LogP contribution in [-0.2, 0) is 16.1 Å². The molecule has 1 aliphatic carbocycles. The van der Waals surface area contributed by atoms with Gasteiger partial charge >= 0.3 is 5.97 Å². The van der Waals surface area contributed by atoms with Crippen LogP contribution in [0.15, 0.2) is 59.0 Å². The Kier molecular flexibility index (Phi) is 9.00. The van der Waals surface area contributed by atoms with E-state index in [2.05, 4.69) is 4.98 Å². The Morgan fingerprint density at radius 1 is 1.08 bits per heavy atom. The van der Waals surface area contributed by atoms with E-state index in [0.717, 1.165) is 42.7 Å². The van der Waals surface area contributed by atoms with E-state index in [-0.39, 0.29) is 23.8 Å². The molecule has 202 valence electrons. The number of carbonyl (C=O) groups excluding carboxylic acids is 1. The first-order valence-corrected chi connectivity index (χ1v) is 13.5. The number of ether oxygens (including phenoxy) is 1. The summed E-state index contributed by atoms with van der Waals surface area (Å²) in [6.45, 7) is 8.39. The zero-order valence-corrected chi connectivity index (χ0v) is 22.7. The Morgan fingerprint density at radius 2 is 1.79 bits per heavy atom. The van der Waals surface area contributed by atoms with Crippen molar-refractivity contribution in [1.82, 2.24) is 9.88 Å². The van der Waals surface area contributed by atoms with Gasteiger partial charge in [0.1, 0.15) is 17.5 Å². The Morgan fingerprint density at radius 3 is 2.45 bits per heavy atom. The van der Waals surface area contributed by atoms with Crippen LogP contribution in [0.25, 0.3) is 11.5 Å². The molecule has 2 unspecified atom stereocenters. The summed E-state index contributed by atoms with van der Waals surface area (Å²) >= 11 is 0. The second-order valence-electron chi connectivity index (χ2n) is 10.7. The van der Waals surface area contributed by atoms with Crippen molar-refractivity contribution in [2.24, 2.45) is 11.8 Å². The summed E-state index contributed by atoms with van der Waals surface area (Å²) in [6, 6.07) is 16.1. The summed E-state index contributed by atoms with van der Waals surface area (Å²) in [4.78, 5) is 31.9. The van der Waals surface area contributed by atoms with Gasteiger partial charge in [0, 0.05) is 17.7 Å². The summed E-state index contributed by atoms with van der Waals surface area (Å²) in [5, 5.41) is 9.99. The van der Waals surface area contributed by atoms with Crippen LogP contribution in [0.4, 0.5) is 0 Å². The molecule has 38 heavy (non-hydrogen) atoms. The first-order chi connectivity index (χ1) is 18.2. The van der Waals surface area contributed by atoms with E-state index >= 15 is 0 Å². The van der Waals surface area contributed by atoms with Crippen LogP contribution in [0.1, 0.15) is 66.9 Å². The number of amides is 1. The lowest BCUT2D eigenvalue weighted by Crippen LogP contribution is -2.50. The van der Waals surface area contributed by atoms with Crippen molar-refractivity contribution in [3.8, 4) is 11.5 Å². The first kappa shape index (κ1) is 27.6. The van der Waals surface area contributed by atoms with Crippen molar-refractivity contribution in [3.63, 3.8) is 0 Å². The predicted octanol–water partition coefficient (Wildman–Crippen LogP) is 6.29. The summed E-state index contributed by atoms with van der Waals surface area (Å²) < 4.78 is 12.2. The fourth-order valence-electron chi connectivity index (χ4n) is 5.26. The van der Waals surface area contributed by atoms with E-state index < -0.39 is 12.0 Å². The Hall–Kier alpha value is -3.45. The third kappa shape index (κ3) is 6.70. The molecule has 2 aromatic carbocycles. The van der Waals surface area contributed by atoms with Gasteiger partial charge in [-0.3, -0.25) is 4.79 Å². The first-order valence-electron chi connectivity index (χ1n) is 13.5. The molecule has 1 aliphatic rings. The lowest BCUT2D eigenvalue weighted by atomic mass is 9.86. The third-order valence-electron chi connectivity index (χ3n) is 7.34. The van der Waals surface area contributed by atoms with Gasteiger partial charge < -0.3 is 19.2 Å². The number of carboxylic acids is 1. The molecule has 7 nitrogen and oxygen atoms in total. The topological polar surface area (TPSA) is 92.9 Å². The highest BCUT2D eigenvalue weighted by molar-refractivity contribution is 5.96. The van der Waals surface area contributed by atoms with Gasteiger partial charge in [-0.1, -0.05) is 56.2 Å². The molecule has 7 heteroatoms. The zero-order chi connectivity index (χ0) is 27.2. The van der Waals surface area contributed by atoms with Crippen molar-refractivity contribution >= 4 is 11.9 Å². The van der Waals surface area contributed by atoms with Gasteiger partial charge in [0.05, 0.1) is 12.7 Å². The van der Waals surface area contributed by atoms with Crippen LogP contribution in [0.5, 0.6) is 0 Å². The van der Waals surface area contributed by atoms with Crippen molar-refractivity contribution in [1.29, 1.82) is 0 Å². The fraction of sp³-hybridized carbons (Fsp3) is 0.452. The number of nitrogens with zero attached hydrogens (tertiary/aromatic N) is 2. The van der Waals surface area contributed by atoms with Crippen LogP contribution in [-0.4, -0.2) is 45.6 Å². The number of hydrogen-bond donors (Lipinski definition) is 1. The van der Waals surface area contributed by atoms with E-state index in [4.69, 9.17) is 9.15 Å². The van der Waals surface area contributed by atoms with Crippen molar-refractivity contribution in [3.05, 3.63) is 77.2 Å². The zero-order valence-electron chi connectivity index (χ0n) is 22.7. The number of carboxylic acid groups (broad SMARTS) is 1. The minimum absolute atomic E-state index is 0.0173. The molecule has 4 rings (SSSR count). The number of carbonyl (C=O) groups is 2. The average Bonchev–Trinajstić information content (AvgIpc) is 3.27. The number of rotatable bonds is 10. The standard InChI is InChI=1S/C31H38N2O5/c1-20(2)28(31(35)36)33(30(34)25-10-6-5-7-11-25)18-23-9-8-12-26(17-23)37-19-27-22(4)38-29(32-27)24-15-13-21(3)14-16-24/h5-7,10-11,13-16,20,23,26,28H,8-9,12,17-19H2,1-4H3,(H,35,36)/t23?,26?,28-/m0/s1. The molecular formula is C31H38N2O5.